The maximum absolute atomic E-state index is 12.3. The number of carbonyl (C=O) groups is 2. The summed E-state index contributed by atoms with van der Waals surface area (Å²) >= 11 is 6.63. The number of aromatic nitrogens is 2. The van der Waals surface area contributed by atoms with Crippen LogP contribution >= 0.6 is 31.9 Å². The van der Waals surface area contributed by atoms with Crippen molar-refractivity contribution in [1.29, 1.82) is 0 Å². The predicted molar refractivity (Wildman–Crippen MR) is 117 cm³/mol. The summed E-state index contributed by atoms with van der Waals surface area (Å²) in [5.41, 5.74) is 17.3. The molecule has 0 saturated carbocycles. The van der Waals surface area contributed by atoms with Crippen LogP contribution in [0, 0.1) is 0 Å². The van der Waals surface area contributed by atoms with E-state index in [0.29, 0.717) is 15.6 Å². The number of rotatable bonds is 6. The second kappa shape index (κ2) is 9.34. The number of anilines is 3. The van der Waals surface area contributed by atoms with Crippen molar-refractivity contribution in [2.75, 3.05) is 16.6 Å². The van der Waals surface area contributed by atoms with E-state index in [0.717, 1.165) is 4.47 Å². The molecule has 0 bridgehead atoms. The first-order chi connectivity index (χ1) is 14.0. The topological polar surface area (TPSA) is 134 Å². The molecule has 11 heteroatoms. The van der Waals surface area contributed by atoms with Gasteiger partial charge in [-0.25, -0.2) is 9.97 Å². The Balaban J connectivity index is 1.63. The van der Waals surface area contributed by atoms with E-state index in [4.69, 9.17) is 5.73 Å². The van der Waals surface area contributed by atoms with E-state index in [1.165, 1.54) is 6.33 Å². The van der Waals surface area contributed by atoms with Crippen molar-refractivity contribution >= 4 is 61.0 Å². The molecule has 9 nitrogen and oxygen atoms in total. The first-order valence-electron chi connectivity index (χ1n) is 8.19. The summed E-state index contributed by atoms with van der Waals surface area (Å²) < 4.78 is 1.51. The lowest BCUT2D eigenvalue weighted by atomic mass is 10.2. The molecule has 0 saturated heterocycles. The summed E-state index contributed by atoms with van der Waals surface area (Å²) in [7, 11) is 0. The minimum Gasteiger partial charge on any atom is -0.393 e. The summed E-state index contributed by atoms with van der Waals surface area (Å²) in [6.45, 7) is 0. The molecule has 0 aliphatic heterocycles. The molecule has 2 amide bonds. The van der Waals surface area contributed by atoms with Crippen LogP contribution in [-0.2, 0) is 0 Å². The fourth-order valence-corrected chi connectivity index (χ4v) is 2.94. The molecule has 29 heavy (non-hydrogen) atoms. The molecule has 3 aromatic rings. The summed E-state index contributed by atoms with van der Waals surface area (Å²) in [5.74, 6) is -0.412. The molecule has 0 atom stereocenters. The van der Waals surface area contributed by atoms with Crippen LogP contribution in [-0.4, -0.2) is 21.8 Å². The Hall–Kier alpha value is -3.18. The number of nitrogens with one attached hydrogen (secondary N) is 4. The van der Waals surface area contributed by atoms with Crippen molar-refractivity contribution in [2.24, 2.45) is 0 Å². The van der Waals surface area contributed by atoms with Gasteiger partial charge in [-0.15, -0.1) is 0 Å². The van der Waals surface area contributed by atoms with Crippen molar-refractivity contribution < 1.29 is 9.59 Å². The maximum atomic E-state index is 12.3. The number of hydrogen-bond acceptors (Lipinski definition) is 7. The molecule has 0 aliphatic rings. The van der Waals surface area contributed by atoms with Gasteiger partial charge in [0, 0.05) is 14.5 Å². The Bertz CT molecular complexity index is 1040. The van der Waals surface area contributed by atoms with E-state index >= 15 is 0 Å². The molecule has 2 aromatic carbocycles. The molecule has 0 spiro atoms. The number of nitrogens with zero attached hydrogens (tertiary/aromatic N) is 2. The molecule has 148 valence electrons. The fraction of sp³-hybridized carbons (Fsp3) is 0. The first kappa shape index (κ1) is 20.6. The largest absolute Gasteiger partial charge is 0.393 e. The predicted octanol–water partition coefficient (Wildman–Crippen LogP) is 3.10. The standard InChI is InChI=1S/C18H15Br2N7O2/c19-11-7-5-10(6-8-11)17(28)26-24-15-14(21)16(23-9-22-15)25-27-18(29)12-3-1-2-4-13(12)20/h1-9H,21H2,(H,26,28)(H,27,29)(H2,22,23,24,25). The van der Waals surface area contributed by atoms with E-state index < -0.39 is 0 Å². The van der Waals surface area contributed by atoms with E-state index in [2.05, 4.69) is 63.5 Å². The van der Waals surface area contributed by atoms with Gasteiger partial charge < -0.3 is 5.73 Å². The van der Waals surface area contributed by atoms with Crippen molar-refractivity contribution in [3.8, 4) is 0 Å². The van der Waals surface area contributed by atoms with E-state index in [1.807, 2.05) is 0 Å². The van der Waals surface area contributed by atoms with Gasteiger partial charge >= 0.3 is 0 Å². The molecule has 1 aromatic heterocycles. The number of amides is 2. The summed E-state index contributed by atoms with van der Waals surface area (Å²) in [6.07, 6.45) is 1.23. The number of nitrogen functional groups attached to an aromatic ring is 1. The Labute approximate surface area is 182 Å². The fourth-order valence-electron chi connectivity index (χ4n) is 2.21. The Morgan fingerprint density at radius 1 is 0.828 bits per heavy atom. The highest BCUT2D eigenvalue weighted by molar-refractivity contribution is 9.10. The molecule has 0 aliphatic carbocycles. The Morgan fingerprint density at radius 2 is 1.41 bits per heavy atom. The van der Waals surface area contributed by atoms with Crippen LogP contribution in [0.3, 0.4) is 0 Å². The zero-order chi connectivity index (χ0) is 20.8. The molecule has 3 rings (SSSR count). The van der Waals surface area contributed by atoms with Gasteiger partial charge in [0.25, 0.3) is 11.8 Å². The third-order valence-corrected chi connectivity index (χ3v) is 4.92. The molecule has 6 N–H and O–H groups in total. The van der Waals surface area contributed by atoms with Gasteiger partial charge in [-0.1, -0.05) is 28.1 Å². The number of benzene rings is 2. The maximum Gasteiger partial charge on any atom is 0.270 e. The molecule has 0 unspecified atom stereocenters. The van der Waals surface area contributed by atoms with E-state index in [-0.39, 0.29) is 29.1 Å². The normalized spacial score (nSPS) is 10.1. The van der Waals surface area contributed by atoms with Gasteiger partial charge in [-0.2, -0.15) is 0 Å². The third-order valence-electron chi connectivity index (χ3n) is 3.70. The van der Waals surface area contributed by atoms with Crippen LogP contribution in [0.4, 0.5) is 17.3 Å². The van der Waals surface area contributed by atoms with Crippen LogP contribution in [0.15, 0.2) is 63.8 Å². The average Bonchev–Trinajstić information content (AvgIpc) is 2.72. The van der Waals surface area contributed by atoms with Crippen LogP contribution in [0.1, 0.15) is 20.7 Å². The first-order valence-corrected chi connectivity index (χ1v) is 9.77. The highest BCUT2D eigenvalue weighted by Gasteiger charge is 2.13. The minimum atomic E-state index is -0.381. The molecule has 0 radical (unpaired) electrons. The molecular formula is C18H15Br2N7O2. The third kappa shape index (κ3) is 5.21. The quantitative estimate of drug-likeness (QED) is 0.315. The number of carbonyl (C=O) groups excluding carboxylic acids is 2. The second-order valence-corrected chi connectivity index (χ2v) is 7.40. The van der Waals surface area contributed by atoms with Crippen LogP contribution in [0.25, 0.3) is 0 Å². The number of nitrogens with two attached hydrogens (primary N) is 1. The summed E-state index contributed by atoms with van der Waals surface area (Å²) in [5, 5.41) is 0. The molecular weight excluding hydrogens is 506 g/mol. The second-order valence-electron chi connectivity index (χ2n) is 5.63. The van der Waals surface area contributed by atoms with Crippen molar-refractivity contribution in [3.63, 3.8) is 0 Å². The van der Waals surface area contributed by atoms with Gasteiger partial charge in [0.05, 0.1) is 5.56 Å². The van der Waals surface area contributed by atoms with Crippen LogP contribution in [0.5, 0.6) is 0 Å². The van der Waals surface area contributed by atoms with Crippen molar-refractivity contribution in [3.05, 3.63) is 74.9 Å². The van der Waals surface area contributed by atoms with Gasteiger partial charge in [0.15, 0.2) is 11.6 Å². The van der Waals surface area contributed by atoms with Crippen molar-refractivity contribution in [1.82, 2.24) is 20.8 Å². The van der Waals surface area contributed by atoms with E-state index in [1.54, 1.807) is 48.5 Å². The zero-order valence-electron chi connectivity index (χ0n) is 14.7. The summed E-state index contributed by atoms with van der Waals surface area (Å²) in [6, 6.07) is 13.8. The lowest BCUT2D eigenvalue weighted by Gasteiger charge is -2.14. The smallest absolute Gasteiger partial charge is 0.270 e. The van der Waals surface area contributed by atoms with Gasteiger partial charge in [0.1, 0.15) is 12.0 Å². The highest BCUT2D eigenvalue weighted by atomic mass is 79.9. The average molecular weight is 521 g/mol. The van der Waals surface area contributed by atoms with E-state index in [9.17, 15) is 9.59 Å². The van der Waals surface area contributed by atoms with Gasteiger partial charge in [-0.3, -0.25) is 31.3 Å². The lowest BCUT2D eigenvalue weighted by Crippen LogP contribution is -2.32. The van der Waals surface area contributed by atoms with Crippen molar-refractivity contribution in [2.45, 2.75) is 0 Å². The SMILES string of the molecule is Nc1c(NNC(=O)c2ccc(Br)cc2)ncnc1NNC(=O)c1ccccc1Br. The minimum absolute atomic E-state index is 0.107. The zero-order valence-corrected chi connectivity index (χ0v) is 17.9. The molecule has 0 fully saturated rings. The Kier molecular flexibility index (Phi) is 6.62. The highest BCUT2D eigenvalue weighted by Crippen LogP contribution is 2.21. The molecule has 1 heterocycles. The summed E-state index contributed by atoms with van der Waals surface area (Å²) in [4.78, 5) is 32.4. The monoisotopic (exact) mass is 519 g/mol. The number of halogens is 2. The van der Waals surface area contributed by atoms with Gasteiger partial charge in [0.2, 0.25) is 0 Å². The number of hydrazine groups is 2. The Morgan fingerprint density at radius 3 is 2.03 bits per heavy atom. The number of hydrogen-bond donors (Lipinski definition) is 5. The van der Waals surface area contributed by atoms with Gasteiger partial charge in [-0.05, 0) is 52.3 Å². The lowest BCUT2D eigenvalue weighted by molar-refractivity contribution is 0.0954. The van der Waals surface area contributed by atoms with Crippen LogP contribution in [0.2, 0.25) is 0 Å². The van der Waals surface area contributed by atoms with Crippen LogP contribution < -0.4 is 27.4 Å².